The van der Waals surface area contributed by atoms with Gasteiger partial charge in [-0.1, -0.05) is 23.2 Å². The molecule has 2 aliphatic rings. The predicted molar refractivity (Wildman–Crippen MR) is 60.5 cm³/mol. The number of hydrogen-bond donors (Lipinski definition) is 0. The van der Waals surface area contributed by atoms with E-state index < -0.39 is 0 Å². The molecule has 0 radical (unpaired) electrons. The Kier molecular flexibility index (Phi) is 2.68. The average molecular weight is 199 g/mol. The maximum atomic E-state index is 2.83. The fraction of sp³-hybridized carbons (Fsp3) is 1.00. The molecule has 1 nitrogen and oxygen atoms in total. The lowest BCUT2D eigenvalue weighted by Gasteiger charge is -2.52. The van der Waals surface area contributed by atoms with Crippen molar-refractivity contribution in [1.29, 1.82) is 0 Å². The van der Waals surface area contributed by atoms with Crippen molar-refractivity contribution in [2.45, 2.75) is 39.5 Å². The van der Waals surface area contributed by atoms with Crippen LogP contribution in [0.15, 0.2) is 0 Å². The summed E-state index contributed by atoms with van der Waals surface area (Å²) in [5.74, 6) is 1.92. The zero-order chi connectivity index (χ0) is 9.47. The van der Waals surface area contributed by atoms with E-state index in [1.807, 2.05) is 0 Å². The van der Waals surface area contributed by atoms with Gasteiger partial charge in [0.15, 0.2) is 0 Å². The summed E-state index contributed by atoms with van der Waals surface area (Å²) >= 11 is 0. The lowest BCUT2D eigenvalue weighted by Crippen LogP contribution is -2.53. The minimum atomic E-state index is 0.743. The summed E-state index contributed by atoms with van der Waals surface area (Å²) in [4.78, 5) is 0. The first kappa shape index (κ1) is 9.93. The molecule has 1 aliphatic carbocycles. The predicted octanol–water partition coefficient (Wildman–Crippen LogP) is 2.92. The van der Waals surface area contributed by atoms with Gasteiger partial charge in [0.25, 0.3) is 0 Å². The van der Waals surface area contributed by atoms with Gasteiger partial charge < -0.3 is 0 Å². The summed E-state index contributed by atoms with van der Waals surface area (Å²) in [6.45, 7) is 7.43. The third-order valence-electron chi connectivity index (χ3n) is 4.11. The molecule has 2 heteroatoms. The summed E-state index contributed by atoms with van der Waals surface area (Å²) in [6.07, 6.45) is 5.94. The van der Waals surface area contributed by atoms with Crippen molar-refractivity contribution in [2.75, 3.05) is 13.1 Å². The summed E-state index contributed by atoms with van der Waals surface area (Å²) in [5.41, 5.74) is 0.743. The Morgan fingerprint density at radius 3 is 2.15 bits per heavy atom. The monoisotopic (exact) mass is 199 g/mol. The lowest BCUT2D eigenvalue weighted by molar-refractivity contribution is 0.0137. The van der Waals surface area contributed by atoms with E-state index in [4.69, 9.17) is 0 Å². The summed E-state index contributed by atoms with van der Waals surface area (Å²) in [7, 11) is 2.83. The molecule has 1 atom stereocenters. The maximum absolute atomic E-state index is 2.83. The molecule has 1 heterocycles. The second-order valence-corrected chi connectivity index (χ2v) is 6.22. The van der Waals surface area contributed by atoms with Gasteiger partial charge in [-0.05, 0) is 42.9 Å². The van der Waals surface area contributed by atoms with E-state index in [-0.39, 0.29) is 0 Å². The van der Waals surface area contributed by atoms with Crippen LogP contribution >= 0.6 is 9.39 Å². The van der Waals surface area contributed by atoms with Gasteiger partial charge in [0.1, 0.15) is 0 Å². The van der Waals surface area contributed by atoms with Crippen LogP contribution in [-0.2, 0) is 0 Å². The topological polar surface area (TPSA) is 3.24 Å². The molecule has 0 amide bonds. The van der Waals surface area contributed by atoms with Crippen LogP contribution in [0.5, 0.6) is 0 Å². The van der Waals surface area contributed by atoms with E-state index in [2.05, 4.69) is 27.9 Å². The van der Waals surface area contributed by atoms with Crippen LogP contribution in [0.25, 0.3) is 0 Å². The fourth-order valence-electron chi connectivity index (χ4n) is 3.05. The van der Waals surface area contributed by atoms with Crippen LogP contribution in [0.2, 0.25) is 0 Å². The molecule has 0 bridgehead atoms. The van der Waals surface area contributed by atoms with Gasteiger partial charge in [0, 0.05) is 13.1 Å². The van der Waals surface area contributed by atoms with Gasteiger partial charge in [0.05, 0.1) is 0 Å². The number of nitrogens with zero attached hydrogens (tertiary/aromatic N) is 1. The first-order chi connectivity index (χ1) is 6.11. The van der Waals surface area contributed by atoms with Crippen LogP contribution in [0, 0.1) is 17.3 Å². The van der Waals surface area contributed by atoms with E-state index in [0.717, 1.165) is 17.3 Å². The van der Waals surface area contributed by atoms with Crippen LogP contribution < -0.4 is 0 Å². The minimum Gasteiger partial charge on any atom is -0.286 e. The van der Waals surface area contributed by atoms with Gasteiger partial charge >= 0.3 is 0 Å². The SMILES string of the molecule is CC(C)C1CCC2(CC1)CN(P)C2. The molecule has 1 unspecified atom stereocenters. The molecule has 0 aromatic carbocycles. The van der Waals surface area contributed by atoms with Crippen molar-refractivity contribution in [2.24, 2.45) is 17.3 Å². The second-order valence-electron chi connectivity index (χ2n) is 5.49. The van der Waals surface area contributed by atoms with E-state index in [0.29, 0.717) is 0 Å². The largest absolute Gasteiger partial charge is 0.286 e. The van der Waals surface area contributed by atoms with Crippen LogP contribution in [0.3, 0.4) is 0 Å². The Balaban J connectivity index is 1.83. The molecule has 1 saturated carbocycles. The van der Waals surface area contributed by atoms with Crippen molar-refractivity contribution in [1.82, 2.24) is 4.67 Å². The Morgan fingerprint density at radius 1 is 1.23 bits per heavy atom. The number of rotatable bonds is 1. The third-order valence-corrected chi connectivity index (χ3v) is 4.48. The lowest BCUT2D eigenvalue weighted by atomic mass is 9.65. The molecule has 1 saturated heterocycles. The first-order valence-corrected chi connectivity index (χ1v) is 6.13. The van der Waals surface area contributed by atoms with Crippen LogP contribution in [0.1, 0.15) is 39.5 Å². The zero-order valence-electron chi connectivity index (χ0n) is 8.92. The molecule has 2 rings (SSSR count). The molecule has 0 aromatic heterocycles. The Bertz CT molecular complexity index is 175. The zero-order valence-corrected chi connectivity index (χ0v) is 10.1. The third kappa shape index (κ3) is 1.92. The van der Waals surface area contributed by atoms with Crippen LogP contribution in [-0.4, -0.2) is 17.8 Å². The van der Waals surface area contributed by atoms with E-state index in [1.54, 1.807) is 0 Å². The normalized spacial score (nSPS) is 29.5. The van der Waals surface area contributed by atoms with Crippen molar-refractivity contribution >= 4 is 9.39 Å². The van der Waals surface area contributed by atoms with E-state index in [9.17, 15) is 0 Å². The molecule has 1 aliphatic heterocycles. The van der Waals surface area contributed by atoms with Crippen molar-refractivity contribution in [3.63, 3.8) is 0 Å². The van der Waals surface area contributed by atoms with Gasteiger partial charge in [-0.15, -0.1) is 0 Å². The Labute approximate surface area is 84.5 Å². The van der Waals surface area contributed by atoms with Gasteiger partial charge in [-0.25, -0.2) is 0 Å². The molecule has 0 aromatic rings. The fourth-order valence-corrected chi connectivity index (χ4v) is 3.83. The summed E-state index contributed by atoms with van der Waals surface area (Å²) in [6, 6.07) is 0. The second kappa shape index (κ2) is 3.51. The molecule has 0 N–H and O–H groups in total. The molecule has 13 heavy (non-hydrogen) atoms. The molecular formula is C11H22NP. The first-order valence-electron chi connectivity index (χ1n) is 5.61. The number of hydrogen-bond acceptors (Lipinski definition) is 1. The molecular weight excluding hydrogens is 177 g/mol. The van der Waals surface area contributed by atoms with Crippen molar-refractivity contribution in [3.05, 3.63) is 0 Å². The highest BCUT2D eigenvalue weighted by atomic mass is 31.0. The molecule has 1 spiro atoms. The highest BCUT2D eigenvalue weighted by Gasteiger charge is 2.43. The average Bonchev–Trinajstić information content (AvgIpc) is 2.03. The molecule has 76 valence electrons. The molecule has 2 fully saturated rings. The smallest absolute Gasteiger partial charge is 0.00854 e. The van der Waals surface area contributed by atoms with Gasteiger partial charge in [0.2, 0.25) is 0 Å². The highest BCUT2D eigenvalue weighted by molar-refractivity contribution is 7.13. The van der Waals surface area contributed by atoms with E-state index >= 15 is 0 Å². The van der Waals surface area contributed by atoms with Crippen LogP contribution in [0.4, 0.5) is 0 Å². The quantitative estimate of drug-likeness (QED) is 0.587. The van der Waals surface area contributed by atoms with Crippen molar-refractivity contribution in [3.8, 4) is 0 Å². The van der Waals surface area contributed by atoms with Gasteiger partial charge in [-0.2, -0.15) is 0 Å². The highest BCUT2D eigenvalue weighted by Crippen LogP contribution is 2.47. The maximum Gasteiger partial charge on any atom is 0.00854 e. The summed E-state index contributed by atoms with van der Waals surface area (Å²) in [5, 5.41) is 0. The standard InChI is InChI=1S/C11H22NP/c1-9(2)10-3-5-11(6-4-10)7-12(13)8-11/h9-10H,3-8,13H2,1-2H3. The Hall–Kier alpha value is 0.390. The van der Waals surface area contributed by atoms with Gasteiger partial charge in [-0.3, -0.25) is 4.67 Å². The van der Waals surface area contributed by atoms with Crippen molar-refractivity contribution < 1.29 is 0 Å². The Morgan fingerprint density at radius 2 is 1.77 bits per heavy atom. The van der Waals surface area contributed by atoms with E-state index in [1.165, 1.54) is 38.8 Å². The minimum absolute atomic E-state index is 0.743. The summed E-state index contributed by atoms with van der Waals surface area (Å²) < 4.78 is 2.38.